The first-order chi connectivity index (χ1) is 17.8. The molecule has 1 N–H and O–H groups in total. The van der Waals surface area contributed by atoms with Gasteiger partial charge in [0.05, 0.1) is 6.04 Å². The number of piperazine rings is 1. The summed E-state index contributed by atoms with van der Waals surface area (Å²) >= 11 is 0. The molecule has 0 bridgehead atoms. The van der Waals surface area contributed by atoms with E-state index in [1.807, 2.05) is 61.2 Å². The Bertz CT molecular complexity index is 1210. The van der Waals surface area contributed by atoms with Crippen LogP contribution in [-0.4, -0.2) is 64.0 Å². The molecule has 1 amide bonds. The number of carbonyl (C=O) groups is 1. The van der Waals surface area contributed by atoms with Crippen molar-refractivity contribution in [1.29, 1.82) is 0 Å². The standard InChI is InChI=1S/C31H38FN3O2/c1-5-33(6-2)31(37)29-16-8-7-15-28(29)30(25-12-10-14-27(36)18-25)35-20-22(3)34(19-23(35)4)21-24-11-9-13-26(32)17-24/h7-18,22-23,30,36H,5-6,19-21H2,1-4H3/t22?,23-,30?/m1/s1. The number of hydrogen-bond donors (Lipinski definition) is 1. The number of carbonyl (C=O) groups excluding carboxylic acids is 1. The largest absolute Gasteiger partial charge is 0.508 e. The average Bonchev–Trinajstić information content (AvgIpc) is 2.88. The van der Waals surface area contributed by atoms with E-state index in [4.69, 9.17) is 0 Å². The number of phenols is 1. The van der Waals surface area contributed by atoms with Crippen LogP contribution in [-0.2, 0) is 6.54 Å². The van der Waals surface area contributed by atoms with Crippen LogP contribution in [0.5, 0.6) is 5.75 Å². The smallest absolute Gasteiger partial charge is 0.254 e. The zero-order chi connectivity index (χ0) is 26.5. The molecule has 3 aromatic carbocycles. The fourth-order valence-corrected chi connectivity index (χ4v) is 5.53. The highest BCUT2D eigenvalue weighted by Crippen LogP contribution is 2.36. The second-order valence-electron chi connectivity index (χ2n) is 10.0. The van der Waals surface area contributed by atoms with Crippen LogP contribution in [0, 0.1) is 5.82 Å². The van der Waals surface area contributed by atoms with Crippen molar-refractivity contribution in [3.8, 4) is 5.75 Å². The van der Waals surface area contributed by atoms with Crippen molar-refractivity contribution >= 4 is 5.91 Å². The van der Waals surface area contributed by atoms with E-state index in [9.17, 15) is 14.3 Å². The Hall–Kier alpha value is -3.22. The second kappa shape index (κ2) is 11.9. The third-order valence-electron chi connectivity index (χ3n) is 7.49. The molecule has 3 atom stereocenters. The minimum atomic E-state index is -0.213. The number of amides is 1. The van der Waals surface area contributed by atoms with E-state index in [0.717, 1.165) is 29.8 Å². The molecule has 0 aromatic heterocycles. The molecule has 3 aromatic rings. The highest BCUT2D eigenvalue weighted by atomic mass is 19.1. The number of rotatable bonds is 8. The minimum Gasteiger partial charge on any atom is -0.508 e. The predicted octanol–water partition coefficient (Wildman–Crippen LogP) is 5.70. The monoisotopic (exact) mass is 503 g/mol. The second-order valence-corrected chi connectivity index (χ2v) is 10.0. The maximum atomic E-state index is 13.8. The van der Waals surface area contributed by atoms with Gasteiger partial charge in [-0.3, -0.25) is 14.6 Å². The van der Waals surface area contributed by atoms with Crippen LogP contribution in [0.1, 0.15) is 60.8 Å². The van der Waals surface area contributed by atoms with Crippen molar-refractivity contribution in [2.24, 2.45) is 0 Å². The van der Waals surface area contributed by atoms with Gasteiger partial charge in [-0.25, -0.2) is 4.39 Å². The third-order valence-corrected chi connectivity index (χ3v) is 7.49. The van der Waals surface area contributed by atoms with Crippen LogP contribution >= 0.6 is 0 Å². The molecule has 4 rings (SSSR count). The summed E-state index contributed by atoms with van der Waals surface area (Å²) in [6.07, 6.45) is 0. The lowest BCUT2D eigenvalue weighted by molar-refractivity contribution is 0.0191. The van der Waals surface area contributed by atoms with Gasteiger partial charge >= 0.3 is 0 Å². The summed E-state index contributed by atoms with van der Waals surface area (Å²) in [4.78, 5) is 20.2. The molecule has 1 saturated heterocycles. The summed E-state index contributed by atoms with van der Waals surface area (Å²) in [6, 6.07) is 22.2. The van der Waals surface area contributed by atoms with E-state index in [0.29, 0.717) is 25.2 Å². The van der Waals surface area contributed by atoms with Crippen LogP contribution in [0.25, 0.3) is 0 Å². The Balaban J connectivity index is 1.71. The molecule has 1 heterocycles. The van der Waals surface area contributed by atoms with Crippen molar-refractivity contribution < 1.29 is 14.3 Å². The molecule has 0 spiro atoms. The molecule has 1 aliphatic heterocycles. The Kier molecular flexibility index (Phi) is 8.62. The van der Waals surface area contributed by atoms with E-state index < -0.39 is 0 Å². The molecule has 6 heteroatoms. The molecule has 5 nitrogen and oxygen atoms in total. The summed E-state index contributed by atoms with van der Waals surface area (Å²) in [5, 5.41) is 10.4. The zero-order valence-corrected chi connectivity index (χ0v) is 22.3. The van der Waals surface area contributed by atoms with Crippen molar-refractivity contribution in [3.05, 3.63) is 101 Å². The predicted molar refractivity (Wildman–Crippen MR) is 146 cm³/mol. The van der Waals surface area contributed by atoms with Crippen molar-refractivity contribution in [1.82, 2.24) is 14.7 Å². The van der Waals surface area contributed by atoms with Gasteiger partial charge in [0.2, 0.25) is 0 Å². The van der Waals surface area contributed by atoms with Crippen molar-refractivity contribution in [3.63, 3.8) is 0 Å². The molecule has 37 heavy (non-hydrogen) atoms. The van der Waals surface area contributed by atoms with Gasteiger partial charge in [0.25, 0.3) is 5.91 Å². The maximum Gasteiger partial charge on any atom is 0.254 e. The summed E-state index contributed by atoms with van der Waals surface area (Å²) < 4.78 is 13.8. The van der Waals surface area contributed by atoms with Crippen molar-refractivity contribution in [2.45, 2.75) is 52.4 Å². The van der Waals surface area contributed by atoms with Crippen molar-refractivity contribution in [2.75, 3.05) is 26.2 Å². The summed E-state index contributed by atoms with van der Waals surface area (Å²) in [5.74, 6) is 0.0203. The molecule has 0 aliphatic carbocycles. The normalized spacial score (nSPS) is 19.5. The molecular weight excluding hydrogens is 465 g/mol. The molecule has 0 radical (unpaired) electrons. The van der Waals surface area contributed by atoms with Gasteiger partial charge in [0, 0.05) is 50.4 Å². The molecule has 1 fully saturated rings. The van der Waals surface area contributed by atoms with Crippen LogP contribution in [0.4, 0.5) is 4.39 Å². The number of benzene rings is 3. The quantitative estimate of drug-likeness (QED) is 0.429. The lowest BCUT2D eigenvalue weighted by Gasteiger charge is -2.48. The topological polar surface area (TPSA) is 47.0 Å². The number of aromatic hydroxyl groups is 1. The Morgan fingerprint density at radius 2 is 1.70 bits per heavy atom. The Morgan fingerprint density at radius 3 is 2.41 bits per heavy atom. The third kappa shape index (κ3) is 6.03. The molecule has 1 aliphatic rings. The summed E-state index contributed by atoms with van der Waals surface area (Å²) in [6.45, 7) is 11.9. The lowest BCUT2D eigenvalue weighted by atomic mass is 9.90. The van der Waals surface area contributed by atoms with E-state index in [1.165, 1.54) is 6.07 Å². The Morgan fingerprint density at radius 1 is 0.973 bits per heavy atom. The number of halogens is 1. The highest BCUT2D eigenvalue weighted by Gasteiger charge is 2.36. The fourth-order valence-electron chi connectivity index (χ4n) is 5.53. The number of phenolic OH excluding ortho intramolecular Hbond substituents is 1. The van der Waals surface area contributed by atoms with Crippen LogP contribution in [0.2, 0.25) is 0 Å². The fraction of sp³-hybridized carbons (Fsp3) is 0.387. The SMILES string of the molecule is CCN(CC)C(=O)c1ccccc1C(c1cccc(O)c1)N1CC(C)N(Cc2cccc(F)c2)C[C@H]1C. The first-order valence-electron chi connectivity index (χ1n) is 13.2. The lowest BCUT2D eigenvalue weighted by Crippen LogP contribution is -2.57. The molecular formula is C31H38FN3O2. The van der Waals surface area contributed by atoms with E-state index in [2.05, 4.69) is 23.6 Å². The van der Waals surface area contributed by atoms with Gasteiger partial charge in [0.15, 0.2) is 0 Å². The summed E-state index contributed by atoms with van der Waals surface area (Å²) in [5.41, 5.74) is 3.56. The van der Waals surface area contributed by atoms with E-state index >= 15 is 0 Å². The van der Waals surface area contributed by atoms with Gasteiger partial charge in [0.1, 0.15) is 11.6 Å². The minimum absolute atomic E-state index is 0.0243. The van der Waals surface area contributed by atoms with Gasteiger partial charge in [-0.1, -0.05) is 42.5 Å². The zero-order valence-electron chi connectivity index (χ0n) is 22.3. The van der Waals surface area contributed by atoms with Gasteiger partial charge in [-0.05, 0) is 74.7 Å². The molecule has 2 unspecified atom stereocenters. The van der Waals surface area contributed by atoms with Crippen LogP contribution in [0.3, 0.4) is 0 Å². The van der Waals surface area contributed by atoms with Gasteiger partial charge in [-0.2, -0.15) is 0 Å². The maximum absolute atomic E-state index is 13.8. The Labute approximate surface area is 220 Å². The van der Waals surface area contributed by atoms with Gasteiger partial charge < -0.3 is 10.0 Å². The first-order valence-corrected chi connectivity index (χ1v) is 13.2. The molecule has 0 saturated carbocycles. The number of hydrogen-bond acceptors (Lipinski definition) is 4. The van der Waals surface area contributed by atoms with Crippen LogP contribution < -0.4 is 0 Å². The van der Waals surface area contributed by atoms with E-state index in [1.54, 1.807) is 24.3 Å². The van der Waals surface area contributed by atoms with Crippen LogP contribution in [0.15, 0.2) is 72.8 Å². The first kappa shape index (κ1) is 26.8. The average molecular weight is 504 g/mol. The molecule has 196 valence electrons. The van der Waals surface area contributed by atoms with E-state index in [-0.39, 0.29) is 35.6 Å². The number of nitrogens with zero attached hydrogens (tertiary/aromatic N) is 3. The summed E-state index contributed by atoms with van der Waals surface area (Å²) in [7, 11) is 0. The highest BCUT2D eigenvalue weighted by molar-refractivity contribution is 5.96. The van der Waals surface area contributed by atoms with Gasteiger partial charge in [-0.15, -0.1) is 0 Å².